The SMILES string of the molecule is Cl.Cl.NCCNC(=O)C1CCCN(C(=O)c2cc(Cl)cc3cccnc23)C1. The molecule has 148 valence electrons. The minimum Gasteiger partial charge on any atom is -0.355 e. The second-order valence-corrected chi connectivity index (χ2v) is 6.63. The summed E-state index contributed by atoms with van der Waals surface area (Å²) >= 11 is 6.17. The Morgan fingerprint density at radius 3 is 2.85 bits per heavy atom. The molecule has 1 saturated heterocycles. The molecule has 1 fully saturated rings. The van der Waals surface area contributed by atoms with Crippen LogP contribution in [0.25, 0.3) is 10.9 Å². The molecule has 0 spiro atoms. The van der Waals surface area contributed by atoms with E-state index in [1.165, 1.54) is 0 Å². The number of fused-ring (bicyclic) bond motifs is 1. The maximum absolute atomic E-state index is 13.0. The highest BCUT2D eigenvalue weighted by Crippen LogP contribution is 2.25. The Labute approximate surface area is 175 Å². The molecule has 2 aromatic rings. The number of likely N-dealkylation sites (tertiary alicyclic amines) is 1. The van der Waals surface area contributed by atoms with Gasteiger partial charge in [-0.2, -0.15) is 0 Å². The fourth-order valence-corrected chi connectivity index (χ4v) is 3.43. The Balaban J connectivity index is 0.00000182. The van der Waals surface area contributed by atoms with Crippen molar-refractivity contribution < 1.29 is 9.59 Å². The third kappa shape index (κ3) is 5.45. The van der Waals surface area contributed by atoms with Crippen molar-refractivity contribution in [3.8, 4) is 0 Å². The van der Waals surface area contributed by atoms with Gasteiger partial charge in [-0.15, -0.1) is 24.8 Å². The third-order valence-corrected chi connectivity index (χ3v) is 4.64. The summed E-state index contributed by atoms with van der Waals surface area (Å²) < 4.78 is 0. The van der Waals surface area contributed by atoms with Gasteiger partial charge in [0.05, 0.1) is 17.0 Å². The number of nitrogens with two attached hydrogens (primary N) is 1. The Kier molecular flexibility index (Phi) is 9.26. The molecule has 2 heterocycles. The number of halogens is 3. The maximum Gasteiger partial charge on any atom is 0.256 e. The highest BCUT2D eigenvalue weighted by molar-refractivity contribution is 6.32. The Hall–Kier alpha value is -1.60. The van der Waals surface area contributed by atoms with Gasteiger partial charge >= 0.3 is 0 Å². The molecule has 1 unspecified atom stereocenters. The first-order valence-corrected chi connectivity index (χ1v) is 8.79. The van der Waals surface area contributed by atoms with Crippen molar-refractivity contribution in [3.63, 3.8) is 0 Å². The van der Waals surface area contributed by atoms with E-state index in [4.69, 9.17) is 17.3 Å². The van der Waals surface area contributed by atoms with E-state index in [0.29, 0.717) is 42.3 Å². The largest absolute Gasteiger partial charge is 0.355 e. The number of nitrogens with one attached hydrogen (secondary N) is 1. The van der Waals surface area contributed by atoms with Gasteiger partial charge in [0, 0.05) is 42.8 Å². The number of carbonyl (C=O) groups is 2. The van der Waals surface area contributed by atoms with Crippen LogP contribution in [0.4, 0.5) is 0 Å². The van der Waals surface area contributed by atoms with Gasteiger partial charge in [-0.3, -0.25) is 14.6 Å². The summed E-state index contributed by atoms with van der Waals surface area (Å²) in [6.07, 6.45) is 3.22. The van der Waals surface area contributed by atoms with Crippen LogP contribution in [0, 0.1) is 5.92 Å². The molecule has 1 aromatic carbocycles. The number of hydrogen-bond acceptors (Lipinski definition) is 4. The Morgan fingerprint density at radius 2 is 2.11 bits per heavy atom. The second-order valence-electron chi connectivity index (χ2n) is 6.20. The summed E-state index contributed by atoms with van der Waals surface area (Å²) in [7, 11) is 0. The fourth-order valence-electron chi connectivity index (χ4n) is 3.20. The highest BCUT2D eigenvalue weighted by atomic mass is 35.5. The van der Waals surface area contributed by atoms with E-state index in [0.717, 1.165) is 18.2 Å². The summed E-state index contributed by atoms with van der Waals surface area (Å²) in [6, 6.07) is 7.13. The molecule has 3 rings (SSSR count). The van der Waals surface area contributed by atoms with E-state index < -0.39 is 0 Å². The van der Waals surface area contributed by atoms with Crippen LogP contribution < -0.4 is 11.1 Å². The molecule has 6 nitrogen and oxygen atoms in total. The number of aromatic nitrogens is 1. The monoisotopic (exact) mass is 432 g/mol. The molecule has 1 aromatic heterocycles. The lowest BCUT2D eigenvalue weighted by atomic mass is 9.96. The summed E-state index contributed by atoms with van der Waals surface area (Å²) in [6.45, 7) is 1.88. The molecular formula is C18H23Cl3N4O2. The molecule has 3 N–H and O–H groups in total. The number of pyridine rings is 1. The average molecular weight is 434 g/mol. The Bertz CT molecular complexity index is 803. The lowest BCUT2D eigenvalue weighted by Gasteiger charge is -2.32. The van der Waals surface area contributed by atoms with Gasteiger partial charge in [-0.25, -0.2) is 0 Å². The van der Waals surface area contributed by atoms with Crippen molar-refractivity contribution in [1.82, 2.24) is 15.2 Å². The molecule has 0 bridgehead atoms. The van der Waals surface area contributed by atoms with E-state index >= 15 is 0 Å². The number of hydrogen-bond donors (Lipinski definition) is 2. The minimum absolute atomic E-state index is 0. The average Bonchev–Trinajstić information content (AvgIpc) is 2.64. The highest BCUT2D eigenvalue weighted by Gasteiger charge is 2.29. The molecule has 27 heavy (non-hydrogen) atoms. The molecule has 0 saturated carbocycles. The number of piperidine rings is 1. The van der Waals surface area contributed by atoms with E-state index in [1.54, 1.807) is 23.2 Å². The quantitative estimate of drug-likeness (QED) is 0.776. The third-order valence-electron chi connectivity index (χ3n) is 4.42. The second kappa shape index (κ2) is 10.7. The van der Waals surface area contributed by atoms with Crippen LogP contribution in [-0.2, 0) is 4.79 Å². The van der Waals surface area contributed by atoms with Crippen LogP contribution in [0.2, 0.25) is 5.02 Å². The Morgan fingerprint density at radius 1 is 1.33 bits per heavy atom. The first-order valence-electron chi connectivity index (χ1n) is 8.41. The number of amides is 2. The summed E-state index contributed by atoms with van der Waals surface area (Å²) in [5.41, 5.74) is 6.54. The number of carbonyl (C=O) groups excluding carboxylic acids is 2. The van der Waals surface area contributed by atoms with Crippen molar-refractivity contribution in [1.29, 1.82) is 0 Å². The van der Waals surface area contributed by atoms with Crippen molar-refractivity contribution in [2.45, 2.75) is 12.8 Å². The van der Waals surface area contributed by atoms with Gasteiger partial charge in [-0.05, 0) is 31.0 Å². The lowest BCUT2D eigenvalue weighted by molar-refractivity contribution is -0.126. The van der Waals surface area contributed by atoms with Crippen molar-refractivity contribution >= 4 is 59.1 Å². The minimum atomic E-state index is -0.206. The van der Waals surface area contributed by atoms with Gasteiger partial charge in [0.2, 0.25) is 5.91 Å². The number of nitrogens with zero attached hydrogens (tertiary/aromatic N) is 2. The molecular weight excluding hydrogens is 411 g/mol. The van der Waals surface area contributed by atoms with Crippen LogP contribution >= 0.6 is 36.4 Å². The van der Waals surface area contributed by atoms with Crippen LogP contribution in [0.15, 0.2) is 30.5 Å². The molecule has 1 aliphatic heterocycles. The predicted octanol–water partition coefficient (Wildman–Crippen LogP) is 2.66. The number of rotatable bonds is 4. The maximum atomic E-state index is 13.0. The van der Waals surface area contributed by atoms with Gasteiger partial charge < -0.3 is 16.0 Å². The van der Waals surface area contributed by atoms with Crippen LogP contribution in [0.1, 0.15) is 23.2 Å². The molecule has 9 heteroatoms. The summed E-state index contributed by atoms with van der Waals surface area (Å²) in [5.74, 6) is -0.387. The fraction of sp³-hybridized carbons (Fsp3) is 0.389. The zero-order valence-corrected chi connectivity index (χ0v) is 17.1. The molecule has 0 radical (unpaired) electrons. The molecule has 0 aliphatic carbocycles. The standard InChI is InChI=1S/C18H21ClN4O2.2ClH/c19-14-9-12-3-1-6-21-16(12)15(10-14)18(25)23-8-2-4-13(11-23)17(24)22-7-5-20;;/h1,3,6,9-10,13H,2,4-5,7-8,11,20H2,(H,22,24);2*1H. The summed E-state index contributed by atoms with van der Waals surface area (Å²) in [4.78, 5) is 31.3. The van der Waals surface area contributed by atoms with E-state index in [1.807, 2.05) is 12.1 Å². The van der Waals surface area contributed by atoms with Gasteiger partial charge in [0.15, 0.2) is 0 Å². The van der Waals surface area contributed by atoms with Crippen molar-refractivity contribution in [2.75, 3.05) is 26.2 Å². The normalized spacial score (nSPS) is 16.2. The first kappa shape index (κ1) is 23.4. The summed E-state index contributed by atoms with van der Waals surface area (Å²) in [5, 5.41) is 4.13. The van der Waals surface area contributed by atoms with E-state index in [2.05, 4.69) is 10.3 Å². The van der Waals surface area contributed by atoms with Crippen molar-refractivity contribution in [2.24, 2.45) is 11.7 Å². The van der Waals surface area contributed by atoms with Crippen LogP contribution in [-0.4, -0.2) is 47.9 Å². The van der Waals surface area contributed by atoms with Gasteiger partial charge in [0.25, 0.3) is 5.91 Å². The molecule has 1 aliphatic rings. The topological polar surface area (TPSA) is 88.3 Å². The van der Waals surface area contributed by atoms with Crippen LogP contribution in [0.3, 0.4) is 0 Å². The number of benzene rings is 1. The predicted molar refractivity (Wildman–Crippen MR) is 112 cm³/mol. The molecule has 1 atom stereocenters. The van der Waals surface area contributed by atoms with E-state index in [9.17, 15) is 9.59 Å². The zero-order chi connectivity index (χ0) is 17.8. The smallest absolute Gasteiger partial charge is 0.256 e. The van der Waals surface area contributed by atoms with Crippen LogP contribution in [0.5, 0.6) is 0 Å². The van der Waals surface area contributed by atoms with Gasteiger partial charge in [0.1, 0.15) is 0 Å². The van der Waals surface area contributed by atoms with Crippen molar-refractivity contribution in [3.05, 3.63) is 41.0 Å². The molecule has 2 amide bonds. The lowest BCUT2D eigenvalue weighted by Crippen LogP contribution is -2.46. The van der Waals surface area contributed by atoms with E-state index in [-0.39, 0.29) is 42.5 Å². The zero-order valence-electron chi connectivity index (χ0n) is 14.7. The first-order chi connectivity index (χ1) is 12.1. The van der Waals surface area contributed by atoms with Gasteiger partial charge in [-0.1, -0.05) is 17.7 Å².